The zero-order valence-corrected chi connectivity index (χ0v) is 8.03. The summed E-state index contributed by atoms with van der Waals surface area (Å²) in [6.07, 6.45) is 2.49. The lowest BCUT2D eigenvalue weighted by Gasteiger charge is -2.31. The second-order valence-corrected chi connectivity index (χ2v) is 3.64. The second-order valence-electron chi connectivity index (χ2n) is 3.64. The molecule has 1 saturated carbocycles. The predicted octanol–water partition coefficient (Wildman–Crippen LogP) is 1.03. The molecule has 0 spiro atoms. The van der Waals surface area contributed by atoms with Gasteiger partial charge in [0.1, 0.15) is 11.2 Å². The number of aromatic nitrogens is 2. The third-order valence-electron chi connectivity index (χ3n) is 2.67. The van der Waals surface area contributed by atoms with Crippen LogP contribution in [-0.2, 0) is 16.8 Å². The first kappa shape index (κ1) is 8.95. The molecule has 2 rings (SSSR count). The van der Waals surface area contributed by atoms with E-state index in [4.69, 9.17) is 5.26 Å². The third-order valence-corrected chi connectivity index (χ3v) is 2.67. The standard InChI is InChI=1S/C10H11N3O/c1-2-13-4-3-9(12-13)10(7-11)5-8(14)6-10/h3-4H,2,5-6H2,1H3. The molecule has 4 nitrogen and oxygen atoms in total. The summed E-state index contributed by atoms with van der Waals surface area (Å²) in [4.78, 5) is 10.9. The van der Waals surface area contributed by atoms with Crippen LogP contribution < -0.4 is 0 Å². The van der Waals surface area contributed by atoms with E-state index in [0.29, 0.717) is 12.8 Å². The maximum absolute atomic E-state index is 10.9. The van der Waals surface area contributed by atoms with Crippen LogP contribution in [0.3, 0.4) is 0 Å². The number of hydrogen-bond donors (Lipinski definition) is 0. The minimum absolute atomic E-state index is 0.151. The Hall–Kier alpha value is -1.63. The van der Waals surface area contributed by atoms with Gasteiger partial charge in [0, 0.05) is 25.6 Å². The van der Waals surface area contributed by atoms with Crippen LogP contribution in [0, 0.1) is 11.3 Å². The van der Waals surface area contributed by atoms with Crippen LogP contribution in [-0.4, -0.2) is 15.6 Å². The summed E-state index contributed by atoms with van der Waals surface area (Å²) in [5.74, 6) is 0.151. The zero-order valence-electron chi connectivity index (χ0n) is 8.03. The highest BCUT2D eigenvalue weighted by Crippen LogP contribution is 2.39. The Kier molecular flexibility index (Phi) is 1.88. The lowest BCUT2D eigenvalue weighted by Crippen LogP contribution is -2.40. The van der Waals surface area contributed by atoms with Crippen LogP contribution in [0.25, 0.3) is 0 Å². The van der Waals surface area contributed by atoms with Gasteiger partial charge in [-0.2, -0.15) is 10.4 Å². The highest BCUT2D eigenvalue weighted by molar-refractivity contribution is 5.89. The quantitative estimate of drug-likeness (QED) is 0.698. The van der Waals surface area contributed by atoms with Crippen LogP contribution in [0.2, 0.25) is 0 Å². The van der Waals surface area contributed by atoms with Gasteiger partial charge in [-0.1, -0.05) is 0 Å². The first-order valence-corrected chi connectivity index (χ1v) is 4.67. The van der Waals surface area contributed by atoms with Crippen molar-refractivity contribution < 1.29 is 4.79 Å². The van der Waals surface area contributed by atoms with Gasteiger partial charge in [-0.15, -0.1) is 0 Å². The summed E-state index contributed by atoms with van der Waals surface area (Å²) in [6.45, 7) is 2.78. The van der Waals surface area contributed by atoms with E-state index in [1.165, 1.54) is 0 Å². The van der Waals surface area contributed by atoms with E-state index in [9.17, 15) is 4.79 Å². The summed E-state index contributed by atoms with van der Waals surface area (Å²) in [7, 11) is 0. The molecule has 0 unspecified atom stereocenters. The third kappa shape index (κ3) is 1.13. The van der Waals surface area contributed by atoms with Crippen molar-refractivity contribution in [3.05, 3.63) is 18.0 Å². The molecule has 0 aromatic carbocycles. The Morgan fingerprint density at radius 2 is 2.43 bits per heavy atom. The molecule has 0 radical (unpaired) electrons. The van der Waals surface area contributed by atoms with E-state index in [2.05, 4.69) is 11.2 Å². The maximum Gasteiger partial charge on any atom is 0.136 e. The monoisotopic (exact) mass is 189 g/mol. The van der Waals surface area contributed by atoms with Crippen LogP contribution in [0.5, 0.6) is 0 Å². The van der Waals surface area contributed by atoms with E-state index in [1.807, 2.05) is 19.2 Å². The molecular weight excluding hydrogens is 178 g/mol. The van der Waals surface area contributed by atoms with Gasteiger partial charge in [0.15, 0.2) is 0 Å². The van der Waals surface area contributed by atoms with Gasteiger partial charge in [-0.25, -0.2) is 0 Å². The average molecular weight is 189 g/mol. The number of nitriles is 1. The summed E-state index contributed by atoms with van der Waals surface area (Å²) in [5.41, 5.74) is 0.110. The number of ketones is 1. The number of hydrogen-bond acceptors (Lipinski definition) is 3. The fraction of sp³-hybridized carbons (Fsp3) is 0.500. The lowest BCUT2D eigenvalue weighted by molar-refractivity contribution is -0.126. The fourth-order valence-electron chi connectivity index (χ4n) is 1.73. The number of carbonyl (C=O) groups is 1. The largest absolute Gasteiger partial charge is 0.300 e. The van der Waals surface area contributed by atoms with Crippen molar-refractivity contribution in [2.75, 3.05) is 0 Å². The molecule has 0 aliphatic heterocycles. The Morgan fingerprint density at radius 3 is 2.86 bits per heavy atom. The number of aryl methyl sites for hydroxylation is 1. The molecule has 72 valence electrons. The van der Waals surface area contributed by atoms with Crippen molar-refractivity contribution in [3.8, 4) is 6.07 Å². The molecule has 0 saturated heterocycles. The van der Waals surface area contributed by atoms with E-state index >= 15 is 0 Å². The van der Waals surface area contributed by atoms with Crippen molar-refractivity contribution in [2.45, 2.75) is 31.7 Å². The van der Waals surface area contributed by atoms with Crippen molar-refractivity contribution in [2.24, 2.45) is 0 Å². The zero-order chi connectivity index (χ0) is 10.2. The molecule has 0 N–H and O–H groups in total. The first-order valence-electron chi connectivity index (χ1n) is 4.67. The number of nitrogens with zero attached hydrogens (tertiary/aromatic N) is 3. The smallest absolute Gasteiger partial charge is 0.136 e. The number of carbonyl (C=O) groups excluding carboxylic acids is 1. The first-order chi connectivity index (χ1) is 6.70. The van der Waals surface area contributed by atoms with E-state index in [1.54, 1.807) is 4.68 Å². The Morgan fingerprint density at radius 1 is 1.71 bits per heavy atom. The molecule has 1 aromatic rings. The van der Waals surface area contributed by atoms with Gasteiger partial charge < -0.3 is 0 Å². The number of rotatable bonds is 2. The van der Waals surface area contributed by atoms with E-state index < -0.39 is 5.41 Å². The average Bonchev–Trinajstić information content (AvgIpc) is 2.61. The van der Waals surface area contributed by atoms with Gasteiger partial charge in [-0.05, 0) is 13.0 Å². The van der Waals surface area contributed by atoms with E-state index in [0.717, 1.165) is 12.2 Å². The fourth-order valence-corrected chi connectivity index (χ4v) is 1.73. The summed E-state index contributed by atoms with van der Waals surface area (Å²) in [6, 6.07) is 4.03. The van der Waals surface area contributed by atoms with Crippen LogP contribution in [0.15, 0.2) is 12.3 Å². The molecule has 1 fully saturated rings. The highest BCUT2D eigenvalue weighted by atomic mass is 16.1. The van der Waals surface area contributed by atoms with Crippen LogP contribution in [0.1, 0.15) is 25.5 Å². The Bertz CT molecular complexity index is 405. The molecule has 14 heavy (non-hydrogen) atoms. The molecule has 1 aliphatic rings. The summed E-state index contributed by atoms with van der Waals surface area (Å²) < 4.78 is 1.78. The maximum atomic E-state index is 10.9. The molecular formula is C10H11N3O. The molecule has 1 aromatic heterocycles. The number of Topliss-reactive ketones (excluding diaryl/α,β-unsaturated/α-hetero) is 1. The molecule has 0 atom stereocenters. The minimum atomic E-state index is -0.627. The van der Waals surface area contributed by atoms with Crippen molar-refractivity contribution in [1.82, 2.24) is 9.78 Å². The topological polar surface area (TPSA) is 58.7 Å². The summed E-state index contributed by atoms with van der Waals surface area (Å²) in [5, 5.41) is 13.3. The lowest BCUT2D eigenvalue weighted by atomic mass is 9.67. The van der Waals surface area contributed by atoms with Crippen LogP contribution >= 0.6 is 0 Å². The van der Waals surface area contributed by atoms with Crippen molar-refractivity contribution >= 4 is 5.78 Å². The Balaban J connectivity index is 2.30. The van der Waals surface area contributed by atoms with Gasteiger partial charge in [0.05, 0.1) is 11.8 Å². The Labute approximate surface area is 82.1 Å². The molecule has 0 amide bonds. The van der Waals surface area contributed by atoms with Gasteiger partial charge in [0.25, 0.3) is 0 Å². The molecule has 4 heteroatoms. The summed E-state index contributed by atoms with van der Waals surface area (Å²) >= 11 is 0. The molecule has 0 bridgehead atoms. The predicted molar refractivity (Wildman–Crippen MR) is 49.4 cm³/mol. The normalized spacial score (nSPS) is 18.7. The molecule has 1 aliphatic carbocycles. The second kappa shape index (κ2) is 2.95. The minimum Gasteiger partial charge on any atom is -0.300 e. The van der Waals surface area contributed by atoms with Crippen molar-refractivity contribution in [1.29, 1.82) is 5.26 Å². The van der Waals surface area contributed by atoms with E-state index in [-0.39, 0.29) is 5.78 Å². The van der Waals surface area contributed by atoms with Crippen molar-refractivity contribution in [3.63, 3.8) is 0 Å². The van der Waals surface area contributed by atoms with Gasteiger partial charge >= 0.3 is 0 Å². The van der Waals surface area contributed by atoms with Gasteiger partial charge in [0.2, 0.25) is 0 Å². The SMILES string of the molecule is CCn1ccc(C2(C#N)CC(=O)C2)n1. The highest BCUT2D eigenvalue weighted by Gasteiger charge is 2.47. The molecule has 1 heterocycles. The van der Waals surface area contributed by atoms with Crippen LogP contribution in [0.4, 0.5) is 0 Å². The van der Waals surface area contributed by atoms with Gasteiger partial charge in [-0.3, -0.25) is 9.48 Å².